The lowest BCUT2D eigenvalue weighted by Crippen LogP contribution is -2.39. The number of carbonyl (C=O) groups excluding carboxylic acids is 2. The highest BCUT2D eigenvalue weighted by Gasteiger charge is 2.18. The van der Waals surface area contributed by atoms with E-state index >= 15 is 0 Å². The van der Waals surface area contributed by atoms with Crippen LogP contribution in [0.1, 0.15) is 40.5 Å². The normalized spacial score (nSPS) is 13.1. The average Bonchev–Trinajstić information content (AvgIpc) is 2.00. The number of ether oxygens (including phenoxy) is 1. The van der Waals surface area contributed by atoms with Gasteiger partial charge >= 0.3 is 6.09 Å². The first kappa shape index (κ1) is 12.9. The van der Waals surface area contributed by atoms with Gasteiger partial charge in [-0.15, -0.1) is 0 Å². The monoisotopic (exact) mass is 201 g/mol. The molecule has 4 heteroatoms. The number of aldehydes is 1. The van der Waals surface area contributed by atoms with E-state index in [2.05, 4.69) is 5.32 Å². The molecule has 1 amide bonds. The number of amides is 1. The summed E-state index contributed by atoms with van der Waals surface area (Å²) in [5.74, 6) is 0. The lowest BCUT2D eigenvalue weighted by Gasteiger charge is -2.21. The topological polar surface area (TPSA) is 55.4 Å². The molecule has 0 radical (unpaired) electrons. The summed E-state index contributed by atoms with van der Waals surface area (Å²) in [6.07, 6.45) is 1.68. The van der Waals surface area contributed by atoms with Gasteiger partial charge in [-0.05, 0) is 27.2 Å². The second kappa shape index (κ2) is 5.62. The van der Waals surface area contributed by atoms with Crippen molar-refractivity contribution in [3.05, 3.63) is 0 Å². The van der Waals surface area contributed by atoms with Crippen LogP contribution in [0.2, 0.25) is 0 Å². The van der Waals surface area contributed by atoms with Crippen LogP contribution in [0.15, 0.2) is 0 Å². The van der Waals surface area contributed by atoms with Gasteiger partial charge in [-0.2, -0.15) is 0 Å². The van der Waals surface area contributed by atoms with Crippen LogP contribution in [0, 0.1) is 0 Å². The SMILES string of the molecule is CCC[C@H](C=O)NC(=O)OC(C)(C)C. The molecule has 82 valence electrons. The second-order valence-corrected chi connectivity index (χ2v) is 4.18. The van der Waals surface area contributed by atoms with Crippen molar-refractivity contribution in [2.24, 2.45) is 0 Å². The Hall–Kier alpha value is -1.06. The maximum Gasteiger partial charge on any atom is 0.408 e. The van der Waals surface area contributed by atoms with E-state index in [1.165, 1.54) is 0 Å². The highest BCUT2D eigenvalue weighted by molar-refractivity contribution is 5.73. The van der Waals surface area contributed by atoms with Crippen molar-refractivity contribution in [1.82, 2.24) is 5.32 Å². The van der Waals surface area contributed by atoms with Gasteiger partial charge in [0.05, 0.1) is 6.04 Å². The highest BCUT2D eigenvalue weighted by atomic mass is 16.6. The first-order valence-electron chi connectivity index (χ1n) is 4.84. The highest BCUT2D eigenvalue weighted by Crippen LogP contribution is 2.07. The summed E-state index contributed by atoms with van der Waals surface area (Å²) in [5.41, 5.74) is -0.524. The summed E-state index contributed by atoms with van der Waals surface area (Å²) in [7, 11) is 0. The molecule has 0 spiro atoms. The smallest absolute Gasteiger partial charge is 0.408 e. The van der Waals surface area contributed by atoms with E-state index in [0.29, 0.717) is 6.42 Å². The van der Waals surface area contributed by atoms with Gasteiger partial charge in [0, 0.05) is 0 Å². The summed E-state index contributed by atoms with van der Waals surface area (Å²) in [4.78, 5) is 21.7. The van der Waals surface area contributed by atoms with Crippen molar-refractivity contribution < 1.29 is 14.3 Å². The summed E-state index contributed by atoms with van der Waals surface area (Å²) >= 11 is 0. The molecule has 0 bridgehead atoms. The molecular weight excluding hydrogens is 182 g/mol. The molecule has 0 rings (SSSR count). The van der Waals surface area contributed by atoms with E-state index < -0.39 is 17.7 Å². The Morgan fingerprint density at radius 2 is 2.07 bits per heavy atom. The zero-order chi connectivity index (χ0) is 11.2. The fourth-order valence-electron chi connectivity index (χ4n) is 0.944. The zero-order valence-electron chi connectivity index (χ0n) is 9.29. The van der Waals surface area contributed by atoms with Gasteiger partial charge in [0.25, 0.3) is 0 Å². The third kappa shape index (κ3) is 6.46. The Morgan fingerprint density at radius 1 is 1.50 bits per heavy atom. The van der Waals surface area contributed by atoms with Gasteiger partial charge in [-0.1, -0.05) is 13.3 Å². The van der Waals surface area contributed by atoms with Crippen molar-refractivity contribution >= 4 is 12.4 Å². The predicted molar refractivity (Wildman–Crippen MR) is 54.1 cm³/mol. The van der Waals surface area contributed by atoms with Crippen LogP contribution in [0.25, 0.3) is 0 Å². The van der Waals surface area contributed by atoms with E-state index in [1.807, 2.05) is 6.92 Å². The first-order valence-corrected chi connectivity index (χ1v) is 4.84. The second-order valence-electron chi connectivity index (χ2n) is 4.18. The van der Waals surface area contributed by atoms with E-state index in [9.17, 15) is 9.59 Å². The number of rotatable bonds is 4. The third-order valence-corrected chi connectivity index (χ3v) is 1.47. The molecule has 0 unspecified atom stereocenters. The Bertz CT molecular complexity index is 196. The fraction of sp³-hybridized carbons (Fsp3) is 0.800. The number of nitrogens with one attached hydrogen (secondary N) is 1. The number of carbonyl (C=O) groups is 2. The summed E-state index contributed by atoms with van der Waals surface area (Å²) in [6.45, 7) is 7.29. The molecule has 1 N–H and O–H groups in total. The molecule has 0 fully saturated rings. The van der Waals surface area contributed by atoms with Gasteiger partial charge < -0.3 is 14.8 Å². The third-order valence-electron chi connectivity index (χ3n) is 1.47. The maximum absolute atomic E-state index is 11.2. The van der Waals surface area contributed by atoms with Crippen molar-refractivity contribution in [3.8, 4) is 0 Å². The lowest BCUT2D eigenvalue weighted by atomic mass is 10.2. The van der Waals surface area contributed by atoms with Crippen LogP contribution in [0.3, 0.4) is 0 Å². The molecule has 0 aliphatic carbocycles. The molecule has 1 atom stereocenters. The van der Waals surface area contributed by atoms with Crippen LogP contribution in [-0.2, 0) is 9.53 Å². The Labute approximate surface area is 85.0 Å². The number of hydrogen-bond donors (Lipinski definition) is 1. The Morgan fingerprint density at radius 3 is 2.43 bits per heavy atom. The standard InChI is InChI=1S/C10H19NO3/c1-5-6-8(7-12)11-9(13)14-10(2,3)4/h7-8H,5-6H2,1-4H3,(H,11,13)/t8-/m1/s1. The minimum absolute atomic E-state index is 0.435. The van der Waals surface area contributed by atoms with Crippen LogP contribution >= 0.6 is 0 Å². The minimum Gasteiger partial charge on any atom is -0.444 e. The van der Waals surface area contributed by atoms with Crippen LogP contribution in [0.4, 0.5) is 4.79 Å². The predicted octanol–water partition coefficient (Wildman–Crippen LogP) is 1.88. The minimum atomic E-state index is -0.539. The average molecular weight is 201 g/mol. The molecule has 0 saturated carbocycles. The van der Waals surface area contributed by atoms with E-state index in [-0.39, 0.29) is 0 Å². The van der Waals surface area contributed by atoms with E-state index in [1.54, 1.807) is 20.8 Å². The summed E-state index contributed by atoms with van der Waals surface area (Å²) < 4.78 is 5.01. The summed E-state index contributed by atoms with van der Waals surface area (Å²) in [5, 5.41) is 2.49. The largest absolute Gasteiger partial charge is 0.444 e. The van der Waals surface area contributed by atoms with Crippen molar-refractivity contribution in [3.63, 3.8) is 0 Å². The van der Waals surface area contributed by atoms with Gasteiger partial charge in [0.2, 0.25) is 0 Å². The number of hydrogen-bond acceptors (Lipinski definition) is 3. The van der Waals surface area contributed by atoms with Crippen molar-refractivity contribution in [1.29, 1.82) is 0 Å². The fourth-order valence-corrected chi connectivity index (χ4v) is 0.944. The molecule has 0 aliphatic rings. The van der Waals surface area contributed by atoms with Crippen molar-refractivity contribution in [2.45, 2.75) is 52.2 Å². The molecule has 0 heterocycles. The maximum atomic E-state index is 11.2. The Kier molecular flexibility index (Phi) is 5.20. The summed E-state index contributed by atoms with van der Waals surface area (Å²) in [6, 6.07) is -0.435. The molecule has 0 aromatic carbocycles. The molecular formula is C10H19NO3. The van der Waals surface area contributed by atoms with Gasteiger partial charge in [0.1, 0.15) is 11.9 Å². The molecule has 0 aromatic rings. The molecule has 4 nitrogen and oxygen atoms in total. The van der Waals surface area contributed by atoms with Gasteiger partial charge in [-0.25, -0.2) is 4.79 Å². The zero-order valence-corrected chi connectivity index (χ0v) is 9.29. The molecule has 14 heavy (non-hydrogen) atoms. The molecule has 0 aromatic heterocycles. The molecule has 0 saturated heterocycles. The van der Waals surface area contributed by atoms with Gasteiger partial charge in [-0.3, -0.25) is 0 Å². The van der Waals surface area contributed by atoms with Crippen molar-refractivity contribution in [2.75, 3.05) is 0 Å². The van der Waals surface area contributed by atoms with Crippen LogP contribution in [0.5, 0.6) is 0 Å². The first-order chi connectivity index (χ1) is 6.39. The molecule has 0 aliphatic heterocycles. The lowest BCUT2D eigenvalue weighted by molar-refractivity contribution is -0.109. The number of alkyl carbamates (subject to hydrolysis) is 1. The van der Waals surface area contributed by atoms with E-state index in [0.717, 1.165) is 12.7 Å². The van der Waals surface area contributed by atoms with Crippen LogP contribution in [-0.4, -0.2) is 24.0 Å². The Balaban J connectivity index is 3.97. The van der Waals surface area contributed by atoms with Crippen LogP contribution < -0.4 is 5.32 Å². The van der Waals surface area contributed by atoms with Gasteiger partial charge in [0.15, 0.2) is 0 Å². The van der Waals surface area contributed by atoms with E-state index in [4.69, 9.17) is 4.74 Å². The quantitative estimate of drug-likeness (QED) is 0.706.